The Bertz CT molecular complexity index is 962. The minimum absolute atomic E-state index is 0.0229. The summed E-state index contributed by atoms with van der Waals surface area (Å²) in [5, 5.41) is 23.1. The normalized spacial score (nSPS) is 12.9. The summed E-state index contributed by atoms with van der Waals surface area (Å²) < 4.78 is 5.43. The lowest BCUT2D eigenvalue weighted by molar-refractivity contribution is -0.143. The Morgan fingerprint density at radius 2 is 0.814 bits per heavy atom. The molecule has 1 amide bonds. The molecule has 0 radical (unpaired) electrons. The molecule has 0 aromatic rings. The molecule has 346 valence electrons. The van der Waals surface area contributed by atoms with Crippen LogP contribution < -0.4 is 5.32 Å². The number of amides is 1. The minimum Gasteiger partial charge on any atom is -0.466 e. The summed E-state index contributed by atoms with van der Waals surface area (Å²) >= 11 is 0. The summed E-state index contributed by atoms with van der Waals surface area (Å²) in [7, 11) is 0. The summed E-state index contributed by atoms with van der Waals surface area (Å²) in [5.74, 6) is -0.107. The number of rotatable bonds is 47. The molecule has 0 heterocycles. The van der Waals surface area contributed by atoms with E-state index in [0.29, 0.717) is 19.4 Å². The summed E-state index contributed by atoms with van der Waals surface area (Å²) in [6.45, 7) is 4.82. The van der Waals surface area contributed by atoms with E-state index in [9.17, 15) is 19.8 Å². The Kier molecular flexibility index (Phi) is 47.2. The standard InChI is InChI=1S/C53H99NO5/c1-3-5-7-9-11-13-15-16-17-19-22-26-29-33-37-41-45-51(56)50(49-55)54-52(57)46-42-38-34-30-27-23-20-18-21-24-28-32-36-40-44-48-59-53(58)47-43-39-35-31-25-14-12-10-8-6-4-2/h10,12,21,24,41,45,50-51,55-56H,3-9,11,13-20,22-23,25-40,42-44,46-49H2,1-2H3,(H,54,57)/b12-10-,24-21-,45-41+. The first-order valence-electron chi connectivity index (χ1n) is 25.8. The van der Waals surface area contributed by atoms with Gasteiger partial charge in [0.2, 0.25) is 5.91 Å². The first-order valence-corrected chi connectivity index (χ1v) is 25.8. The van der Waals surface area contributed by atoms with Crippen molar-refractivity contribution < 1.29 is 24.5 Å². The molecule has 0 bridgehead atoms. The van der Waals surface area contributed by atoms with Crippen molar-refractivity contribution in [2.45, 2.75) is 276 Å². The molecule has 6 nitrogen and oxygen atoms in total. The fourth-order valence-corrected chi connectivity index (χ4v) is 7.61. The van der Waals surface area contributed by atoms with Gasteiger partial charge in [0.1, 0.15) is 0 Å². The van der Waals surface area contributed by atoms with Gasteiger partial charge in [0.25, 0.3) is 0 Å². The summed E-state index contributed by atoms with van der Waals surface area (Å²) in [6.07, 6.45) is 58.5. The molecule has 6 heteroatoms. The maximum absolute atomic E-state index is 12.4. The maximum Gasteiger partial charge on any atom is 0.305 e. The number of carbonyl (C=O) groups excluding carboxylic acids is 2. The number of unbranched alkanes of at least 4 members (excludes halogenated alkanes) is 32. The predicted molar refractivity (Wildman–Crippen MR) is 255 cm³/mol. The molecule has 0 aliphatic heterocycles. The fourth-order valence-electron chi connectivity index (χ4n) is 7.61. The lowest BCUT2D eigenvalue weighted by atomic mass is 10.0. The third kappa shape index (κ3) is 45.4. The van der Waals surface area contributed by atoms with Crippen LogP contribution in [-0.4, -0.2) is 47.4 Å². The van der Waals surface area contributed by atoms with Crippen LogP contribution in [-0.2, 0) is 14.3 Å². The van der Waals surface area contributed by atoms with Crippen molar-refractivity contribution in [1.82, 2.24) is 5.32 Å². The van der Waals surface area contributed by atoms with Crippen LogP contribution in [0.25, 0.3) is 0 Å². The third-order valence-electron chi connectivity index (χ3n) is 11.6. The number of esters is 1. The molecule has 0 rings (SSSR count). The van der Waals surface area contributed by atoms with Gasteiger partial charge in [-0.3, -0.25) is 9.59 Å². The summed E-state index contributed by atoms with van der Waals surface area (Å²) in [4.78, 5) is 24.4. The molecule has 0 aromatic heterocycles. The summed E-state index contributed by atoms with van der Waals surface area (Å²) in [5.41, 5.74) is 0. The molecule has 2 atom stereocenters. The van der Waals surface area contributed by atoms with E-state index in [2.05, 4.69) is 43.5 Å². The Hall–Kier alpha value is -1.92. The topological polar surface area (TPSA) is 95.9 Å². The van der Waals surface area contributed by atoms with E-state index in [4.69, 9.17) is 4.74 Å². The smallest absolute Gasteiger partial charge is 0.305 e. The van der Waals surface area contributed by atoms with E-state index in [-0.39, 0.29) is 18.5 Å². The van der Waals surface area contributed by atoms with Crippen LogP contribution in [0.1, 0.15) is 264 Å². The molecule has 59 heavy (non-hydrogen) atoms. The van der Waals surface area contributed by atoms with Gasteiger partial charge in [0, 0.05) is 12.8 Å². The number of aliphatic hydroxyl groups excluding tert-OH is 2. The Labute approximate surface area is 366 Å². The molecule has 0 saturated carbocycles. The van der Waals surface area contributed by atoms with Crippen LogP contribution in [0.15, 0.2) is 36.5 Å². The number of ether oxygens (including phenoxy) is 1. The summed E-state index contributed by atoms with van der Waals surface area (Å²) in [6, 6.07) is -0.639. The Morgan fingerprint density at radius 3 is 1.25 bits per heavy atom. The largest absolute Gasteiger partial charge is 0.466 e. The second kappa shape index (κ2) is 48.7. The highest BCUT2D eigenvalue weighted by Crippen LogP contribution is 2.15. The van der Waals surface area contributed by atoms with Crippen molar-refractivity contribution in [3.8, 4) is 0 Å². The van der Waals surface area contributed by atoms with Crippen LogP contribution in [0.2, 0.25) is 0 Å². The number of allylic oxidation sites excluding steroid dienone is 5. The zero-order chi connectivity index (χ0) is 43.0. The molecule has 0 spiro atoms. The molecular formula is C53H99NO5. The van der Waals surface area contributed by atoms with Crippen LogP contribution in [0.5, 0.6) is 0 Å². The lowest BCUT2D eigenvalue weighted by Crippen LogP contribution is -2.45. The van der Waals surface area contributed by atoms with Crippen LogP contribution >= 0.6 is 0 Å². The van der Waals surface area contributed by atoms with Gasteiger partial charge in [-0.2, -0.15) is 0 Å². The number of carbonyl (C=O) groups is 2. The van der Waals surface area contributed by atoms with Crippen molar-refractivity contribution in [3.63, 3.8) is 0 Å². The van der Waals surface area contributed by atoms with Gasteiger partial charge in [-0.25, -0.2) is 0 Å². The first kappa shape index (κ1) is 57.1. The monoisotopic (exact) mass is 830 g/mol. The number of hydrogen-bond donors (Lipinski definition) is 3. The molecule has 0 aromatic carbocycles. The number of hydrogen-bond acceptors (Lipinski definition) is 5. The molecule has 3 N–H and O–H groups in total. The Balaban J connectivity index is 3.53. The van der Waals surface area contributed by atoms with E-state index < -0.39 is 12.1 Å². The molecule has 2 unspecified atom stereocenters. The average Bonchev–Trinajstić information content (AvgIpc) is 3.24. The van der Waals surface area contributed by atoms with Gasteiger partial charge in [0.05, 0.1) is 25.4 Å². The molecule has 0 aliphatic carbocycles. The van der Waals surface area contributed by atoms with Gasteiger partial charge < -0.3 is 20.3 Å². The first-order chi connectivity index (χ1) is 29.0. The van der Waals surface area contributed by atoms with Gasteiger partial charge in [-0.05, 0) is 77.0 Å². The van der Waals surface area contributed by atoms with Crippen molar-refractivity contribution in [2.24, 2.45) is 0 Å². The van der Waals surface area contributed by atoms with Gasteiger partial charge >= 0.3 is 5.97 Å². The maximum atomic E-state index is 12.4. The molecule has 0 saturated heterocycles. The van der Waals surface area contributed by atoms with Gasteiger partial charge in [0.15, 0.2) is 0 Å². The SMILES string of the molecule is CCCC/C=C\CCCCCCCC(=O)OCCCCCC/C=C\CCCCCCCCCC(=O)NC(CO)C(O)/C=C/CCCCCCCCCCCCCCCC. The third-order valence-corrected chi connectivity index (χ3v) is 11.6. The second-order valence-electron chi connectivity index (χ2n) is 17.5. The van der Waals surface area contributed by atoms with Crippen LogP contribution in [0.4, 0.5) is 0 Å². The zero-order valence-electron chi connectivity index (χ0n) is 39.2. The van der Waals surface area contributed by atoms with Crippen LogP contribution in [0.3, 0.4) is 0 Å². The van der Waals surface area contributed by atoms with Crippen LogP contribution in [0, 0.1) is 0 Å². The van der Waals surface area contributed by atoms with E-state index in [1.165, 1.54) is 167 Å². The van der Waals surface area contributed by atoms with Gasteiger partial charge in [-0.15, -0.1) is 0 Å². The quantitative estimate of drug-likeness (QED) is 0.0323. The van der Waals surface area contributed by atoms with Gasteiger partial charge in [-0.1, -0.05) is 211 Å². The van der Waals surface area contributed by atoms with E-state index >= 15 is 0 Å². The minimum atomic E-state index is -0.854. The van der Waals surface area contributed by atoms with E-state index in [0.717, 1.165) is 70.6 Å². The zero-order valence-corrected chi connectivity index (χ0v) is 39.2. The Morgan fingerprint density at radius 1 is 0.458 bits per heavy atom. The second-order valence-corrected chi connectivity index (χ2v) is 17.5. The van der Waals surface area contributed by atoms with E-state index in [1.54, 1.807) is 6.08 Å². The number of nitrogens with one attached hydrogen (secondary N) is 1. The number of aliphatic hydroxyl groups is 2. The molecular weight excluding hydrogens is 731 g/mol. The fraction of sp³-hybridized carbons (Fsp3) is 0.849. The van der Waals surface area contributed by atoms with E-state index in [1.807, 2.05) is 6.08 Å². The lowest BCUT2D eigenvalue weighted by Gasteiger charge is -2.20. The average molecular weight is 830 g/mol. The van der Waals surface area contributed by atoms with Crippen molar-refractivity contribution in [3.05, 3.63) is 36.5 Å². The highest BCUT2D eigenvalue weighted by atomic mass is 16.5. The molecule has 0 aliphatic rings. The predicted octanol–water partition coefficient (Wildman–Crippen LogP) is 15.3. The highest BCUT2D eigenvalue weighted by Gasteiger charge is 2.18. The van der Waals surface area contributed by atoms with Crippen molar-refractivity contribution >= 4 is 11.9 Å². The molecule has 0 fully saturated rings. The highest BCUT2D eigenvalue weighted by molar-refractivity contribution is 5.76. The van der Waals surface area contributed by atoms with Crippen molar-refractivity contribution in [1.29, 1.82) is 0 Å². The van der Waals surface area contributed by atoms with Crippen molar-refractivity contribution in [2.75, 3.05) is 13.2 Å².